The molecule has 0 bridgehead atoms. The molecule has 2 aromatic heterocycles. The van der Waals surface area contributed by atoms with Crippen LogP contribution in [0, 0.1) is 0 Å². The molecule has 1 unspecified atom stereocenters. The number of aliphatic hydroxyl groups excluding tert-OH is 2. The number of benzene rings is 2. The molecule has 2 aromatic carbocycles. The van der Waals surface area contributed by atoms with Crippen LogP contribution in [-0.4, -0.2) is 49.4 Å². The van der Waals surface area contributed by atoms with E-state index in [9.17, 15) is 9.90 Å². The van der Waals surface area contributed by atoms with E-state index in [2.05, 4.69) is 21.9 Å². The molecule has 0 fully saturated rings. The molecular weight excluding hydrogens is 434 g/mol. The van der Waals surface area contributed by atoms with Gasteiger partial charge in [0, 0.05) is 12.1 Å². The lowest BCUT2D eigenvalue weighted by Crippen LogP contribution is -2.43. The number of nitrogens with zero attached hydrogens (tertiary/aromatic N) is 3. The van der Waals surface area contributed by atoms with Crippen molar-refractivity contribution in [1.29, 1.82) is 0 Å². The van der Waals surface area contributed by atoms with Gasteiger partial charge in [-0.25, -0.2) is 9.97 Å². The molecule has 0 radical (unpaired) electrons. The summed E-state index contributed by atoms with van der Waals surface area (Å²) >= 11 is 0. The van der Waals surface area contributed by atoms with Crippen LogP contribution in [0.3, 0.4) is 0 Å². The normalized spacial score (nSPS) is 15.8. The average molecular weight is 457 g/mol. The highest BCUT2D eigenvalue weighted by atomic mass is 16.5. The first-order chi connectivity index (χ1) is 16.5. The summed E-state index contributed by atoms with van der Waals surface area (Å²) in [6.45, 7) is 3.91. The van der Waals surface area contributed by atoms with Crippen molar-refractivity contribution in [3.63, 3.8) is 0 Å². The minimum Gasteiger partial charge on any atom is -0.457 e. The Hall–Kier alpha value is -4.21. The minimum absolute atomic E-state index is 0.343. The number of nitrogens with one attached hydrogen (secondary N) is 1. The van der Waals surface area contributed by atoms with Crippen LogP contribution in [0.4, 0.5) is 5.82 Å². The number of aliphatic hydroxyl groups is 2. The van der Waals surface area contributed by atoms with Gasteiger partial charge in [0.2, 0.25) is 0 Å². The van der Waals surface area contributed by atoms with Crippen molar-refractivity contribution >= 4 is 28.3 Å². The molecular formula is C25H23N5O4. The number of rotatable bonds is 6. The van der Waals surface area contributed by atoms with E-state index >= 15 is 0 Å². The first-order valence-electron chi connectivity index (χ1n) is 10.7. The quantitative estimate of drug-likeness (QED) is 0.349. The predicted molar refractivity (Wildman–Crippen MR) is 128 cm³/mol. The lowest BCUT2D eigenvalue weighted by Gasteiger charge is -2.16. The van der Waals surface area contributed by atoms with E-state index in [0.29, 0.717) is 34.7 Å². The van der Waals surface area contributed by atoms with E-state index in [0.717, 1.165) is 22.6 Å². The Balaban J connectivity index is 1.54. The van der Waals surface area contributed by atoms with Gasteiger partial charge in [-0.05, 0) is 35.4 Å². The van der Waals surface area contributed by atoms with Crippen molar-refractivity contribution in [2.24, 2.45) is 0 Å². The highest BCUT2D eigenvalue weighted by molar-refractivity contribution is 6.07. The van der Waals surface area contributed by atoms with Gasteiger partial charge in [-0.2, -0.15) is 0 Å². The van der Waals surface area contributed by atoms with Gasteiger partial charge in [0.1, 0.15) is 29.3 Å². The van der Waals surface area contributed by atoms with Gasteiger partial charge in [0.05, 0.1) is 23.7 Å². The van der Waals surface area contributed by atoms with E-state index in [-0.39, 0.29) is 0 Å². The van der Waals surface area contributed by atoms with Crippen LogP contribution < -0.4 is 15.8 Å². The first-order valence-corrected chi connectivity index (χ1v) is 10.7. The maximum absolute atomic E-state index is 12.2. The highest BCUT2D eigenvalue weighted by Crippen LogP contribution is 2.44. The Bertz CT molecular complexity index is 1380. The molecule has 0 spiro atoms. The number of hydrogen-bond acceptors (Lipinski definition) is 7. The summed E-state index contributed by atoms with van der Waals surface area (Å²) in [6.07, 6.45) is -0.102. The summed E-state index contributed by atoms with van der Waals surface area (Å²) in [6, 6.07) is 16.6. The van der Waals surface area contributed by atoms with Crippen molar-refractivity contribution in [3.05, 3.63) is 73.2 Å². The summed E-state index contributed by atoms with van der Waals surface area (Å²) < 4.78 is 7.85. The van der Waals surface area contributed by atoms with Crippen LogP contribution in [0.25, 0.3) is 27.7 Å². The van der Waals surface area contributed by atoms with E-state index in [1.807, 2.05) is 59.2 Å². The van der Waals surface area contributed by atoms with Crippen LogP contribution >= 0.6 is 0 Å². The van der Waals surface area contributed by atoms with Crippen LogP contribution in [0.15, 0.2) is 67.5 Å². The third-order valence-electron chi connectivity index (χ3n) is 5.87. The number of carbonyl (C=O) groups excluding carboxylic acids is 1. The van der Waals surface area contributed by atoms with Gasteiger partial charge in [-0.15, -0.1) is 0 Å². The third kappa shape index (κ3) is 3.66. The summed E-state index contributed by atoms with van der Waals surface area (Å²) in [5, 5.41) is 22.2. The fourth-order valence-corrected chi connectivity index (χ4v) is 4.24. The predicted octanol–water partition coefficient (Wildman–Crippen LogP) is 2.34. The summed E-state index contributed by atoms with van der Waals surface area (Å²) in [7, 11) is 0. The second-order valence-corrected chi connectivity index (χ2v) is 8.02. The molecule has 4 aromatic rings. The number of fused-ring (bicyclic) bond motifs is 3. The molecule has 5 N–H and O–H groups in total. The zero-order chi connectivity index (χ0) is 23.8. The number of hydrogen-bond donors (Lipinski definition) is 4. The third-order valence-corrected chi connectivity index (χ3v) is 5.87. The number of nitrogens with two attached hydrogens (primary N) is 1. The summed E-state index contributed by atoms with van der Waals surface area (Å²) in [5.41, 5.74) is 9.99. The fourth-order valence-electron chi connectivity index (χ4n) is 4.24. The molecule has 0 saturated carbocycles. The topological polar surface area (TPSA) is 136 Å². The molecule has 0 aliphatic carbocycles. The molecule has 1 amide bonds. The van der Waals surface area contributed by atoms with Gasteiger partial charge in [-0.3, -0.25) is 4.79 Å². The van der Waals surface area contributed by atoms with Gasteiger partial charge in [-0.1, -0.05) is 36.9 Å². The molecule has 1 aliphatic heterocycles. The molecule has 9 nitrogen and oxygen atoms in total. The van der Waals surface area contributed by atoms with Crippen molar-refractivity contribution in [3.8, 4) is 22.6 Å². The number of aromatic nitrogens is 3. The number of ether oxygens (including phenoxy) is 1. The number of carbonyl (C=O) groups is 1. The minimum atomic E-state index is -1.50. The zero-order valence-corrected chi connectivity index (χ0v) is 18.2. The van der Waals surface area contributed by atoms with Crippen LogP contribution in [0.2, 0.25) is 0 Å². The van der Waals surface area contributed by atoms with E-state index in [1.54, 1.807) is 0 Å². The number of amides is 1. The Morgan fingerprint density at radius 3 is 2.59 bits per heavy atom. The molecule has 2 atom stereocenters. The standard InChI is InChI=1S/C25H23N5O4/c1-14-18(29-25(33)19(32)12-31)11-30-22(14)20(21-23(26)27-13-28-24(21)30)15-7-9-17(10-8-15)34-16-5-3-2-4-6-16/h2-10,13,18-19,31-32H,1,11-12H2,(H,29,33)(H2,26,27,28)/t18-,19?/m1/s1. The first kappa shape index (κ1) is 21.6. The monoisotopic (exact) mass is 457 g/mol. The van der Waals surface area contributed by atoms with Crippen molar-refractivity contribution < 1.29 is 19.7 Å². The maximum Gasteiger partial charge on any atom is 0.251 e. The SMILES string of the molecule is C=C1c2c(-c3ccc(Oc4ccccc4)cc3)c3c(N)ncnc3n2C[C@H]1NC(=O)C(O)CO. The van der Waals surface area contributed by atoms with Gasteiger partial charge in [0.25, 0.3) is 5.91 Å². The maximum atomic E-state index is 12.2. The van der Waals surface area contributed by atoms with Crippen LogP contribution in [0.5, 0.6) is 11.5 Å². The molecule has 0 saturated heterocycles. The Morgan fingerprint density at radius 2 is 1.88 bits per heavy atom. The molecule has 34 heavy (non-hydrogen) atoms. The average Bonchev–Trinajstić information content (AvgIpc) is 3.35. The van der Waals surface area contributed by atoms with Crippen molar-refractivity contribution in [2.45, 2.75) is 18.7 Å². The van der Waals surface area contributed by atoms with E-state index < -0.39 is 24.7 Å². The second kappa shape index (κ2) is 8.62. The Morgan fingerprint density at radius 1 is 1.18 bits per heavy atom. The van der Waals surface area contributed by atoms with Crippen molar-refractivity contribution in [2.75, 3.05) is 12.3 Å². The van der Waals surface area contributed by atoms with E-state index in [4.69, 9.17) is 15.6 Å². The molecule has 9 heteroatoms. The Kier molecular flexibility index (Phi) is 5.48. The van der Waals surface area contributed by atoms with Gasteiger partial charge < -0.3 is 30.6 Å². The largest absolute Gasteiger partial charge is 0.457 e. The highest BCUT2D eigenvalue weighted by Gasteiger charge is 2.34. The van der Waals surface area contributed by atoms with Gasteiger partial charge >= 0.3 is 0 Å². The number of para-hydroxylation sites is 1. The summed E-state index contributed by atoms with van der Waals surface area (Å²) in [4.78, 5) is 20.8. The fraction of sp³-hybridized carbons (Fsp3) is 0.160. The van der Waals surface area contributed by atoms with Crippen molar-refractivity contribution in [1.82, 2.24) is 19.9 Å². The molecule has 1 aliphatic rings. The summed E-state index contributed by atoms with van der Waals surface area (Å²) in [5.74, 6) is 1.10. The van der Waals surface area contributed by atoms with Crippen LogP contribution in [0.1, 0.15) is 5.69 Å². The lowest BCUT2D eigenvalue weighted by molar-refractivity contribution is -0.131. The molecule has 5 rings (SSSR count). The second-order valence-electron chi connectivity index (χ2n) is 8.02. The smallest absolute Gasteiger partial charge is 0.251 e. The van der Waals surface area contributed by atoms with Crippen LogP contribution in [-0.2, 0) is 11.3 Å². The number of anilines is 1. The Labute approximate surface area is 195 Å². The lowest BCUT2D eigenvalue weighted by atomic mass is 9.97. The molecule has 172 valence electrons. The zero-order valence-electron chi connectivity index (χ0n) is 18.2. The van der Waals surface area contributed by atoms with E-state index in [1.165, 1.54) is 6.33 Å². The van der Waals surface area contributed by atoms with Gasteiger partial charge in [0.15, 0.2) is 6.10 Å². The number of nitrogen functional groups attached to an aromatic ring is 1. The molecule has 3 heterocycles.